The van der Waals surface area contributed by atoms with Gasteiger partial charge in [0.25, 0.3) is 0 Å². The van der Waals surface area contributed by atoms with Gasteiger partial charge in [0, 0.05) is 18.6 Å². The van der Waals surface area contributed by atoms with Gasteiger partial charge in [-0.25, -0.2) is 0 Å². The summed E-state index contributed by atoms with van der Waals surface area (Å²) in [5, 5.41) is 3.52. The molecule has 17 heavy (non-hydrogen) atoms. The van der Waals surface area contributed by atoms with E-state index in [2.05, 4.69) is 36.1 Å². The molecule has 0 saturated carbocycles. The molecule has 3 unspecified atom stereocenters. The molecule has 0 spiro atoms. The normalized spacial score (nSPS) is 36.4. The molecule has 2 saturated heterocycles. The van der Waals surface area contributed by atoms with Crippen LogP contribution in [0.25, 0.3) is 0 Å². The Morgan fingerprint density at radius 1 is 1.35 bits per heavy atom. The second-order valence-corrected chi connectivity index (χ2v) is 6.16. The fraction of sp³-hybridized carbons (Fsp3) is 1.00. The molecule has 2 aliphatic heterocycles. The van der Waals surface area contributed by atoms with Crippen LogP contribution in [-0.2, 0) is 0 Å². The molecule has 0 aromatic carbocycles. The van der Waals surface area contributed by atoms with Crippen LogP contribution < -0.4 is 5.32 Å². The van der Waals surface area contributed by atoms with Gasteiger partial charge >= 0.3 is 0 Å². The molecule has 100 valence electrons. The van der Waals surface area contributed by atoms with Gasteiger partial charge in [-0.1, -0.05) is 0 Å². The molecule has 0 radical (unpaired) electrons. The number of rotatable bonds is 3. The Balaban J connectivity index is 1.77. The molecule has 3 heteroatoms. The van der Waals surface area contributed by atoms with Crippen LogP contribution in [0.5, 0.6) is 0 Å². The number of hydrogen-bond acceptors (Lipinski definition) is 3. The summed E-state index contributed by atoms with van der Waals surface area (Å²) in [6.07, 6.45) is 5.46. The van der Waals surface area contributed by atoms with E-state index in [1.807, 2.05) is 0 Å². The predicted molar refractivity (Wildman–Crippen MR) is 73.3 cm³/mol. The fourth-order valence-electron chi connectivity index (χ4n) is 3.30. The van der Waals surface area contributed by atoms with Gasteiger partial charge in [-0.15, -0.1) is 0 Å². The highest BCUT2D eigenvalue weighted by Gasteiger charge is 2.27. The molecule has 0 aromatic rings. The summed E-state index contributed by atoms with van der Waals surface area (Å²) < 4.78 is 0. The highest BCUT2D eigenvalue weighted by Crippen LogP contribution is 2.21. The van der Waals surface area contributed by atoms with Gasteiger partial charge in [-0.05, 0) is 72.3 Å². The zero-order valence-corrected chi connectivity index (χ0v) is 11.8. The zero-order chi connectivity index (χ0) is 12.3. The molecule has 0 bridgehead atoms. The number of hydrogen-bond donors (Lipinski definition) is 1. The molecule has 0 aliphatic carbocycles. The van der Waals surface area contributed by atoms with E-state index in [9.17, 15) is 0 Å². The number of piperidine rings is 2. The Kier molecular flexibility index (Phi) is 4.83. The van der Waals surface area contributed by atoms with Crippen molar-refractivity contribution >= 4 is 0 Å². The summed E-state index contributed by atoms with van der Waals surface area (Å²) in [5.74, 6) is 0.878. The van der Waals surface area contributed by atoms with Crippen LogP contribution in [0, 0.1) is 5.92 Å². The second kappa shape index (κ2) is 6.17. The summed E-state index contributed by atoms with van der Waals surface area (Å²) in [5.41, 5.74) is 0. The first-order chi connectivity index (χ1) is 8.16. The van der Waals surface area contributed by atoms with E-state index in [0.29, 0.717) is 0 Å². The van der Waals surface area contributed by atoms with Crippen LogP contribution in [-0.4, -0.2) is 62.2 Å². The van der Waals surface area contributed by atoms with Crippen LogP contribution in [0.2, 0.25) is 0 Å². The van der Waals surface area contributed by atoms with Crippen molar-refractivity contribution in [1.82, 2.24) is 15.1 Å². The maximum atomic E-state index is 3.52. The van der Waals surface area contributed by atoms with E-state index in [-0.39, 0.29) is 0 Å². The standard InChI is InChI=1S/C14H29N3/c1-12-9-14(6-8-16(12)2)17(3)11-13-5-4-7-15-10-13/h12-15H,4-11H2,1-3H3. The van der Waals surface area contributed by atoms with Gasteiger partial charge in [0.2, 0.25) is 0 Å². The predicted octanol–water partition coefficient (Wildman–Crippen LogP) is 1.40. The van der Waals surface area contributed by atoms with Crippen LogP contribution in [0.1, 0.15) is 32.6 Å². The van der Waals surface area contributed by atoms with Gasteiger partial charge < -0.3 is 15.1 Å². The third kappa shape index (κ3) is 3.67. The summed E-state index contributed by atoms with van der Waals surface area (Å²) in [6, 6.07) is 1.56. The Bertz CT molecular complexity index is 226. The first kappa shape index (κ1) is 13.3. The fourth-order valence-corrected chi connectivity index (χ4v) is 3.30. The van der Waals surface area contributed by atoms with Crippen molar-refractivity contribution in [3.8, 4) is 0 Å². The van der Waals surface area contributed by atoms with Gasteiger partial charge in [-0.3, -0.25) is 0 Å². The Hall–Kier alpha value is -0.120. The van der Waals surface area contributed by atoms with Gasteiger partial charge in [-0.2, -0.15) is 0 Å². The van der Waals surface area contributed by atoms with Crippen molar-refractivity contribution in [2.24, 2.45) is 5.92 Å². The Labute approximate surface area is 107 Å². The van der Waals surface area contributed by atoms with Crippen molar-refractivity contribution in [3.63, 3.8) is 0 Å². The largest absolute Gasteiger partial charge is 0.316 e. The maximum Gasteiger partial charge on any atom is 0.0119 e. The maximum absolute atomic E-state index is 3.52. The van der Waals surface area contributed by atoms with Gasteiger partial charge in [0.15, 0.2) is 0 Å². The van der Waals surface area contributed by atoms with E-state index >= 15 is 0 Å². The lowest BCUT2D eigenvalue weighted by molar-refractivity contribution is 0.0910. The topological polar surface area (TPSA) is 18.5 Å². The second-order valence-electron chi connectivity index (χ2n) is 6.16. The molecular weight excluding hydrogens is 210 g/mol. The van der Waals surface area contributed by atoms with Gasteiger partial charge in [0.1, 0.15) is 0 Å². The van der Waals surface area contributed by atoms with E-state index in [1.54, 1.807) is 0 Å². The van der Waals surface area contributed by atoms with Crippen LogP contribution in [0.15, 0.2) is 0 Å². The van der Waals surface area contributed by atoms with Crippen molar-refractivity contribution in [3.05, 3.63) is 0 Å². The number of nitrogens with zero attached hydrogens (tertiary/aromatic N) is 2. The minimum Gasteiger partial charge on any atom is -0.316 e. The average Bonchev–Trinajstić information content (AvgIpc) is 2.34. The summed E-state index contributed by atoms with van der Waals surface area (Å²) >= 11 is 0. The third-order valence-corrected chi connectivity index (χ3v) is 4.75. The first-order valence-electron chi connectivity index (χ1n) is 7.28. The third-order valence-electron chi connectivity index (χ3n) is 4.75. The van der Waals surface area contributed by atoms with Gasteiger partial charge in [0.05, 0.1) is 0 Å². The highest BCUT2D eigenvalue weighted by atomic mass is 15.2. The summed E-state index contributed by atoms with van der Waals surface area (Å²) in [6.45, 7) is 7.37. The van der Waals surface area contributed by atoms with Crippen molar-refractivity contribution in [2.75, 3.05) is 40.3 Å². The Morgan fingerprint density at radius 2 is 2.18 bits per heavy atom. The van der Waals surface area contributed by atoms with Crippen molar-refractivity contribution in [1.29, 1.82) is 0 Å². The molecule has 2 fully saturated rings. The molecule has 2 rings (SSSR count). The average molecular weight is 239 g/mol. The molecular formula is C14H29N3. The molecule has 0 amide bonds. The van der Waals surface area contributed by atoms with Crippen LogP contribution >= 0.6 is 0 Å². The smallest absolute Gasteiger partial charge is 0.0119 e. The van der Waals surface area contributed by atoms with Crippen LogP contribution in [0.4, 0.5) is 0 Å². The molecule has 2 heterocycles. The minimum atomic E-state index is 0.751. The summed E-state index contributed by atoms with van der Waals surface area (Å²) in [4.78, 5) is 5.12. The highest BCUT2D eigenvalue weighted by molar-refractivity contribution is 4.83. The first-order valence-corrected chi connectivity index (χ1v) is 7.28. The summed E-state index contributed by atoms with van der Waals surface area (Å²) in [7, 11) is 4.59. The SMILES string of the molecule is CC1CC(N(C)CC2CCCNC2)CCN1C. The van der Waals surface area contributed by atoms with E-state index in [1.165, 1.54) is 51.9 Å². The van der Waals surface area contributed by atoms with Crippen molar-refractivity contribution in [2.45, 2.75) is 44.7 Å². The Morgan fingerprint density at radius 3 is 2.82 bits per heavy atom. The van der Waals surface area contributed by atoms with Crippen LogP contribution in [0.3, 0.4) is 0 Å². The lowest BCUT2D eigenvalue weighted by Gasteiger charge is -2.40. The number of nitrogens with one attached hydrogen (secondary N) is 1. The molecule has 3 atom stereocenters. The van der Waals surface area contributed by atoms with E-state index in [4.69, 9.17) is 0 Å². The quantitative estimate of drug-likeness (QED) is 0.803. The molecule has 3 nitrogen and oxygen atoms in total. The van der Waals surface area contributed by atoms with E-state index < -0.39 is 0 Å². The molecule has 2 aliphatic rings. The lowest BCUT2D eigenvalue weighted by atomic mass is 9.94. The lowest BCUT2D eigenvalue weighted by Crippen LogP contribution is -2.48. The zero-order valence-electron chi connectivity index (χ0n) is 11.8. The minimum absolute atomic E-state index is 0.751. The molecule has 1 N–H and O–H groups in total. The number of likely N-dealkylation sites (tertiary alicyclic amines) is 1. The molecule has 0 aromatic heterocycles. The van der Waals surface area contributed by atoms with Crippen molar-refractivity contribution < 1.29 is 0 Å². The van der Waals surface area contributed by atoms with E-state index in [0.717, 1.165) is 18.0 Å². The monoisotopic (exact) mass is 239 g/mol.